The standard InChI is InChI=1S/C15H20N4OS/c1-3-17-15(21)18-13(14(20)19(4-2)11-16)10-12-8-6-5-7-9-12/h5-9,13H,3-4,10H2,1-2H3,(H2,17,18,21). The number of carbonyl (C=O) groups is 1. The van der Waals surface area contributed by atoms with Crippen LogP contribution in [0.15, 0.2) is 30.3 Å². The lowest BCUT2D eigenvalue weighted by Crippen LogP contribution is -2.51. The molecule has 0 heterocycles. The smallest absolute Gasteiger partial charge is 0.258 e. The van der Waals surface area contributed by atoms with E-state index in [9.17, 15) is 4.79 Å². The van der Waals surface area contributed by atoms with E-state index in [1.54, 1.807) is 6.92 Å². The van der Waals surface area contributed by atoms with Crippen molar-refractivity contribution in [1.82, 2.24) is 15.5 Å². The molecule has 21 heavy (non-hydrogen) atoms. The summed E-state index contributed by atoms with van der Waals surface area (Å²) in [6, 6.07) is 9.09. The number of carbonyl (C=O) groups excluding carboxylic acids is 1. The SMILES string of the molecule is CCNC(=S)NC(Cc1ccccc1)C(=O)N(C#N)CC. The molecule has 1 rings (SSSR count). The monoisotopic (exact) mass is 304 g/mol. The Labute approximate surface area is 130 Å². The van der Waals surface area contributed by atoms with Crippen LogP contribution in [0, 0.1) is 11.5 Å². The van der Waals surface area contributed by atoms with Crippen molar-refractivity contribution in [2.45, 2.75) is 26.3 Å². The highest BCUT2D eigenvalue weighted by Crippen LogP contribution is 2.06. The highest BCUT2D eigenvalue weighted by molar-refractivity contribution is 7.80. The first-order chi connectivity index (χ1) is 10.1. The number of thiocarbonyl (C=S) groups is 1. The summed E-state index contributed by atoms with van der Waals surface area (Å²) in [5.41, 5.74) is 1.01. The minimum absolute atomic E-state index is 0.274. The number of nitriles is 1. The maximum absolute atomic E-state index is 12.4. The van der Waals surface area contributed by atoms with Gasteiger partial charge in [-0.25, -0.2) is 4.90 Å². The number of hydrogen-bond acceptors (Lipinski definition) is 3. The largest absolute Gasteiger partial charge is 0.363 e. The Balaban J connectivity index is 2.86. The topological polar surface area (TPSA) is 68.2 Å². The van der Waals surface area contributed by atoms with Crippen molar-refractivity contribution in [3.05, 3.63) is 35.9 Å². The molecule has 112 valence electrons. The van der Waals surface area contributed by atoms with Gasteiger partial charge in [0.1, 0.15) is 6.04 Å². The lowest BCUT2D eigenvalue weighted by molar-refractivity contribution is -0.129. The van der Waals surface area contributed by atoms with Crippen molar-refractivity contribution in [2.24, 2.45) is 0 Å². The van der Waals surface area contributed by atoms with Gasteiger partial charge in [-0.1, -0.05) is 30.3 Å². The summed E-state index contributed by atoms with van der Waals surface area (Å²) in [6.45, 7) is 4.71. The summed E-state index contributed by atoms with van der Waals surface area (Å²) in [6.07, 6.45) is 2.38. The molecule has 0 aliphatic heterocycles. The molecular formula is C15H20N4OS. The highest BCUT2D eigenvalue weighted by Gasteiger charge is 2.24. The Hall–Kier alpha value is -2.13. The van der Waals surface area contributed by atoms with E-state index in [0.29, 0.717) is 24.6 Å². The Morgan fingerprint density at radius 3 is 2.57 bits per heavy atom. The summed E-state index contributed by atoms with van der Waals surface area (Å²) in [4.78, 5) is 13.5. The van der Waals surface area contributed by atoms with Crippen molar-refractivity contribution in [1.29, 1.82) is 5.26 Å². The van der Waals surface area contributed by atoms with E-state index in [0.717, 1.165) is 10.5 Å². The number of nitrogens with one attached hydrogen (secondary N) is 2. The number of likely N-dealkylation sites (N-methyl/N-ethyl adjacent to an activating group) is 1. The predicted molar refractivity (Wildman–Crippen MR) is 86.3 cm³/mol. The van der Waals surface area contributed by atoms with Gasteiger partial charge in [-0.05, 0) is 31.6 Å². The maximum Gasteiger partial charge on any atom is 0.258 e. The molecule has 1 aromatic rings. The van der Waals surface area contributed by atoms with E-state index in [1.165, 1.54) is 0 Å². The fourth-order valence-corrected chi connectivity index (χ4v) is 2.17. The second-order valence-electron chi connectivity index (χ2n) is 4.43. The van der Waals surface area contributed by atoms with Crippen LogP contribution in [-0.4, -0.2) is 35.1 Å². The van der Waals surface area contributed by atoms with Gasteiger partial charge in [-0.15, -0.1) is 0 Å². The summed E-state index contributed by atoms with van der Waals surface area (Å²) < 4.78 is 0. The third kappa shape index (κ3) is 5.40. The van der Waals surface area contributed by atoms with Crippen LogP contribution in [0.4, 0.5) is 0 Å². The van der Waals surface area contributed by atoms with Crippen LogP contribution in [0.5, 0.6) is 0 Å². The summed E-state index contributed by atoms with van der Waals surface area (Å²) in [7, 11) is 0. The Morgan fingerprint density at radius 2 is 2.05 bits per heavy atom. The molecular weight excluding hydrogens is 284 g/mol. The first-order valence-corrected chi connectivity index (χ1v) is 7.32. The van der Waals surface area contributed by atoms with E-state index in [4.69, 9.17) is 17.5 Å². The Morgan fingerprint density at radius 1 is 1.38 bits per heavy atom. The minimum atomic E-state index is -0.557. The molecule has 6 heteroatoms. The molecule has 0 aliphatic rings. The third-order valence-electron chi connectivity index (χ3n) is 2.93. The second kappa shape index (κ2) is 8.93. The molecule has 0 radical (unpaired) electrons. The normalized spacial score (nSPS) is 11.1. The third-order valence-corrected chi connectivity index (χ3v) is 3.19. The van der Waals surface area contributed by atoms with Crippen LogP contribution in [0.3, 0.4) is 0 Å². The molecule has 2 N–H and O–H groups in total. The molecule has 1 amide bonds. The van der Waals surface area contributed by atoms with Crippen molar-refractivity contribution < 1.29 is 4.79 Å². The number of amides is 1. The Kier molecular flexibility index (Phi) is 7.19. The van der Waals surface area contributed by atoms with E-state index in [2.05, 4.69) is 10.6 Å². The van der Waals surface area contributed by atoms with Gasteiger partial charge in [0.25, 0.3) is 5.91 Å². The maximum atomic E-state index is 12.4. The van der Waals surface area contributed by atoms with Crippen molar-refractivity contribution in [3.8, 4) is 6.19 Å². The van der Waals surface area contributed by atoms with Crippen LogP contribution in [0.25, 0.3) is 0 Å². The number of hydrogen-bond donors (Lipinski definition) is 2. The van der Waals surface area contributed by atoms with E-state index in [-0.39, 0.29) is 5.91 Å². The molecule has 0 bridgehead atoms. The quantitative estimate of drug-likeness (QED) is 0.472. The molecule has 1 atom stereocenters. The van der Waals surface area contributed by atoms with Crippen molar-refractivity contribution in [2.75, 3.05) is 13.1 Å². The van der Waals surface area contributed by atoms with Gasteiger partial charge < -0.3 is 10.6 Å². The van der Waals surface area contributed by atoms with Crippen LogP contribution in [0.2, 0.25) is 0 Å². The highest BCUT2D eigenvalue weighted by atomic mass is 32.1. The lowest BCUT2D eigenvalue weighted by Gasteiger charge is -2.23. The summed E-state index contributed by atoms with van der Waals surface area (Å²) in [5.74, 6) is -0.274. The molecule has 0 spiro atoms. The molecule has 0 saturated carbocycles. The first kappa shape index (κ1) is 16.9. The van der Waals surface area contributed by atoms with E-state index in [1.807, 2.05) is 43.4 Å². The molecule has 0 aliphatic carbocycles. The van der Waals surface area contributed by atoms with Crippen molar-refractivity contribution >= 4 is 23.2 Å². The van der Waals surface area contributed by atoms with Gasteiger partial charge >= 0.3 is 0 Å². The zero-order valence-corrected chi connectivity index (χ0v) is 13.1. The second-order valence-corrected chi connectivity index (χ2v) is 4.84. The lowest BCUT2D eigenvalue weighted by atomic mass is 10.1. The van der Waals surface area contributed by atoms with Gasteiger partial charge in [0.2, 0.25) is 0 Å². The van der Waals surface area contributed by atoms with Gasteiger partial charge in [0.05, 0.1) is 0 Å². The molecule has 1 unspecified atom stereocenters. The van der Waals surface area contributed by atoms with Crippen LogP contribution in [-0.2, 0) is 11.2 Å². The summed E-state index contributed by atoms with van der Waals surface area (Å²) >= 11 is 5.15. The Bertz CT molecular complexity index is 512. The summed E-state index contributed by atoms with van der Waals surface area (Å²) in [5, 5.41) is 15.4. The van der Waals surface area contributed by atoms with Gasteiger partial charge in [-0.3, -0.25) is 4.79 Å². The minimum Gasteiger partial charge on any atom is -0.363 e. The fourth-order valence-electron chi connectivity index (χ4n) is 1.88. The van der Waals surface area contributed by atoms with Crippen LogP contribution < -0.4 is 10.6 Å². The van der Waals surface area contributed by atoms with E-state index >= 15 is 0 Å². The zero-order chi connectivity index (χ0) is 15.7. The van der Waals surface area contributed by atoms with Crippen LogP contribution in [0.1, 0.15) is 19.4 Å². The number of benzene rings is 1. The van der Waals surface area contributed by atoms with Gasteiger partial charge in [0, 0.05) is 19.5 Å². The van der Waals surface area contributed by atoms with Crippen LogP contribution >= 0.6 is 12.2 Å². The number of rotatable bonds is 6. The molecule has 0 saturated heterocycles. The average molecular weight is 304 g/mol. The number of nitrogens with zero attached hydrogens (tertiary/aromatic N) is 2. The predicted octanol–water partition coefficient (Wildman–Crippen LogP) is 1.41. The molecule has 5 nitrogen and oxygen atoms in total. The average Bonchev–Trinajstić information content (AvgIpc) is 2.49. The van der Waals surface area contributed by atoms with E-state index < -0.39 is 6.04 Å². The molecule has 0 aromatic heterocycles. The van der Waals surface area contributed by atoms with Gasteiger partial charge in [-0.2, -0.15) is 5.26 Å². The van der Waals surface area contributed by atoms with Gasteiger partial charge in [0.15, 0.2) is 11.3 Å². The van der Waals surface area contributed by atoms with Crippen molar-refractivity contribution in [3.63, 3.8) is 0 Å². The molecule has 1 aromatic carbocycles. The molecule has 0 fully saturated rings. The zero-order valence-electron chi connectivity index (χ0n) is 12.3. The fraction of sp³-hybridized carbons (Fsp3) is 0.400. The first-order valence-electron chi connectivity index (χ1n) is 6.91.